The molecular formula is C12H15N4OS+. The maximum atomic E-state index is 5.90. The monoisotopic (exact) mass is 263 g/mol. The summed E-state index contributed by atoms with van der Waals surface area (Å²) in [5, 5.41) is 7.64. The topological polar surface area (TPSA) is 99.8 Å². The lowest BCUT2D eigenvalue weighted by molar-refractivity contribution is -0.113. The van der Waals surface area contributed by atoms with Crippen LogP contribution in [0.5, 0.6) is 5.75 Å². The summed E-state index contributed by atoms with van der Waals surface area (Å²) < 4.78 is 5.59. The molecule has 0 bridgehead atoms. The zero-order chi connectivity index (χ0) is 13.1. The lowest BCUT2D eigenvalue weighted by Crippen LogP contribution is -2.38. The summed E-state index contributed by atoms with van der Waals surface area (Å²) in [5.74, 6) is 0.547. The molecule has 0 radical (unpaired) electrons. The van der Waals surface area contributed by atoms with Crippen LogP contribution in [0.25, 0.3) is 0 Å². The van der Waals surface area contributed by atoms with E-state index in [0.717, 1.165) is 11.3 Å². The summed E-state index contributed by atoms with van der Waals surface area (Å²) >= 11 is 1.52. The number of thiazole rings is 1. The molecule has 1 heterocycles. The number of ether oxygens (including phenoxy) is 1. The van der Waals surface area contributed by atoms with Gasteiger partial charge in [-0.25, -0.2) is 4.98 Å². The fourth-order valence-electron chi connectivity index (χ4n) is 1.54. The first kappa shape index (κ1) is 12.4. The zero-order valence-corrected chi connectivity index (χ0v) is 10.8. The lowest BCUT2D eigenvalue weighted by atomic mass is 10.1. The number of nitrogens with two attached hydrogens (primary N) is 3. The molecule has 5 nitrogen and oxygen atoms in total. The van der Waals surface area contributed by atoms with Crippen molar-refractivity contribution in [1.29, 1.82) is 0 Å². The molecule has 0 atom stereocenters. The zero-order valence-electron chi connectivity index (χ0n) is 10.0. The second kappa shape index (κ2) is 5.05. The first-order valence-corrected chi connectivity index (χ1v) is 6.30. The van der Waals surface area contributed by atoms with Crippen LogP contribution in [0.3, 0.4) is 0 Å². The molecule has 1 aromatic carbocycles. The third-order valence-electron chi connectivity index (χ3n) is 2.47. The quantitative estimate of drug-likeness (QED) is 0.551. The maximum absolute atomic E-state index is 5.90. The van der Waals surface area contributed by atoms with Crippen molar-refractivity contribution in [3.8, 4) is 5.75 Å². The molecule has 0 aliphatic carbocycles. The fraction of sp³-hybridized carbons (Fsp3) is 0.167. The molecule has 2 aromatic rings. The summed E-state index contributed by atoms with van der Waals surface area (Å²) in [7, 11) is 0. The normalized spacial score (nSPS) is 10.3. The molecule has 0 aliphatic heterocycles. The minimum atomic E-state index is 0.373. The van der Waals surface area contributed by atoms with Gasteiger partial charge >= 0.3 is 0 Å². The van der Waals surface area contributed by atoms with Crippen LogP contribution < -0.4 is 21.6 Å². The Labute approximate surface area is 109 Å². The van der Waals surface area contributed by atoms with Gasteiger partial charge in [0.05, 0.1) is 22.5 Å². The summed E-state index contributed by atoms with van der Waals surface area (Å²) in [6.07, 6.45) is 0. The van der Waals surface area contributed by atoms with Crippen molar-refractivity contribution in [2.45, 2.75) is 13.5 Å². The molecule has 0 unspecified atom stereocenters. The van der Waals surface area contributed by atoms with Crippen molar-refractivity contribution in [2.75, 3.05) is 11.5 Å². The Hall–Kier alpha value is -2.08. The number of anilines is 2. The van der Waals surface area contributed by atoms with Crippen LogP contribution in [0.4, 0.5) is 11.4 Å². The Bertz CT molecular complexity index is 566. The number of rotatable bonds is 4. The highest BCUT2D eigenvalue weighted by atomic mass is 32.1. The SMILES string of the molecule is CC(=[NH2+])c1cc(N)c(OCc2cscn2)cc1N. The number of benzene rings is 1. The number of hydrogen-bond acceptors (Lipinski definition) is 5. The van der Waals surface area contributed by atoms with Crippen LogP contribution >= 0.6 is 11.3 Å². The van der Waals surface area contributed by atoms with Crippen molar-refractivity contribution < 1.29 is 10.1 Å². The average molecular weight is 263 g/mol. The highest BCUT2D eigenvalue weighted by Gasteiger charge is 2.11. The molecule has 0 aliphatic rings. The smallest absolute Gasteiger partial charge is 0.179 e. The van der Waals surface area contributed by atoms with E-state index in [0.29, 0.717) is 29.4 Å². The number of nitrogen functional groups attached to an aromatic ring is 2. The number of hydrogen-bond donors (Lipinski definition) is 3. The molecule has 2 rings (SSSR count). The van der Waals surface area contributed by atoms with Crippen LogP contribution in [0, 0.1) is 0 Å². The van der Waals surface area contributed by atoms with E-state index in [4.69, 9.17) is 21.6 Å². The molecule has 1 aromatic heterocycles. The van der Waals surface area contributed by atoms with Crippen molar-refractivity contribution in [1.82, 2.24) is 4.98 Å². The molecule has 18 heavy (non-hydrogen) atoms. The summed E-state index contributed by atoms with van der Waals surface area (Å²) in [5.41, 5.74) is 16.9. The van der Waals surface area contributed by atoms with Gasteiger partial charge in [0.25, 0.3) is 0 Å². The van der Waals surface area contributed by atoms with Crippen molar-refractivity contribution in [2.24, 2.45) is 0 Å². The van der Waals surface area contributed by atoms with E-state index in [1.54, 1.807) is 24.6 Å². The van der Waals surface area contributed by atoms with Crippen LogP contribution in [0.1, 0.15) is 18.2 Å². The van der Waals surface area contributed by atoms with E-state index in [9.17, 15) is 0 Å². The first-order valence-electron chi connectivity index (χ1n) is 5.36. The van der Waals surface area contributed by atoms with Gasteiger partial charge in [-0.2, -0.15) is 0 Å². The Balaban J connectivity index is 2.19. The van der Waals surface area contributed by atoms with Crippen molar-refractivity contribution in [3.63, 3.8) is 0 Å². The van der Waals surface area contributed by atoms with E-state index in [-0.39, 0.29) is 0 Å². The minimum Gasteiger partial charge on any atom is -0.485 e. The van der Waals surface area contributed by atoms with E-state index in [1.165, 1.54) is 11.3 Å². The molecule has 94 valence electrons. The average Bonchev–Trinajstić information content (AvgIpc) is 2.82. The van der Waals surface area contributed by atoms with Crippen molar-refractivity contribution in [3.05, 3.63) is 34.3 Å². The fourth-order valence-corrected chi connectivity index (χ4v) is 2.08. The standard InChI is InChI=1S/C12H14N4OS/c1-7(13)9-2-11(15)12(3-10(9)14)17-4-8-5-18-6-16-8/h2-3,5-6,13H,4,14-15H2,1H3/p+1. The van der Waals surface area contributed by atoms with Gasteiger partial charge in [-0.1, -0.05) is 0 Å². The van der Waals surface area contributed by atoms with Gasteiger partial charge in [0.15, 0.2) is 5.71 Å². The van der Waals surface area contributed by atoms with E-state index in [1.807, 2.05) is 5.38 Å². The van der Waals surface area contributed by atoms with E-state index in [2.05, 4.69) is 4.98 Å². The molecule has 6 heteroatoms. The van der Waals surface area contributed by atoms with Crippen LogP contribution in [-0.2, 0) is 6.61 Å². The third-order valence-corrected chi connectivity index (χ3v) is 3.10. The van der Waals surface area contributed by atoms with Crippen LogP contribution in [0.2, 0.25) is 0 Å². The second-order valence-electron chi connectivity index (χ2n) is 3.93. The van der Waals surface area contributed by atoms with Gasteiger partial charge in [-0.15, -0.1) is 11.3 Å². The Kier molecular flexibility index (Phi) is 3.47. The first-order chi connectivity index (χ1) is 8.58. The molecule has 0 saturated heterocycles. The molecule has 0 saturated carbocycles. The molecule has 6 N–H and O–H groups in total. The van der Waals surface area contributed by atoms with Crippen molar-refractivity contribution >= 4 is 28.4 Å². The van der Waals surface area contributed by atoms with E-state index >= 15 is 0 Å². The predicted octanol–water partition coefficient (Wildman–Crippen LogP) is 0.455. The number of nitrogens with zero attached hydrogens (tertiary/aromatic N) is 1. The highest BCUT2D eigenvalue weighted by Crippen LogP contribution is 2.28. The minimum absolute atomic E-state index is 0.373. The molecular weight excluding hydrogens is 248 g/mol. The summed E-state index contributed by atoms with van der Waals surface area (Å²) in [6, 6.07) is 3.41. The van der Waals surface area contributed by atoms with Gasteiger partial charge in [-0.05, 0) is 6.07 Å². The van der Waals surface area contributed by atoms with E-state index < -0.39 is 0 Å². The summed E-state index contributed by atoms with van der Waals surface area (Å²) in [6.45, 7) is 2.15. The lowest BCUT2D eigenvalue weighted by Gasteiger charge is -2.10. The maximum Gasteiger partial charge on any atom is 0.179 e. The summed E-state index contributed by atoms with van der Waals surface area (Å²) in [4.78, 5) is 4.13. The molecule has 0 amide bonds. The molecule has 0 fully saturated rings. The second-order valence-corrected chi connectivity index (χ2v) is 4.65. The van der Waals surface area contributed by atoms with Gasteiger partial charge in [-0.3, -0.25) is 5.41 Å². The third kappa shape index (κ3) is 2.60. The Morgan fingerprint density at radius 1 is 1.39 bits per heavy atom. The Morgan fingerprint density at radius 2 is 2.17 bits per heavy atom. The Morgan fingerprint density at radius 3 is 2.78 bits per heavy atom. The van der Waals surface area contributed by atoms with Gasteiger partial charge in [0, 0.05) is 24.1 Å². The van der Waals surface area contributed by atoms with Crippen LogP contribution in [-0.4, -0.2) is 10.7 Å². The molecule has 0 spiro atoms. The van der Waals surface area contributed by atoms with Crippen LogP contribution in [0.15, 0.2) is 23.0 Å². The largest absolute Gasteiger partial charge is 0.485 e. The van der Waals surface area contributed by atoms with Gasteiger partial charge in [0.2, 0.25) is 0 Å². The number of aromatic nitrogens is 1. The predicted molar refractivity (Wildman–Crippen MR) is 73.4 cm³/mol. The van der Waals surface area contributed by atoms with Gasteiger partial charge in [0.1, 0.15) is 12.4 Å². The highest BCUT2D eigenvalue weighted by molar-refractivity contribution is 7.07. The van der Waals surface area contributed by atoms with Gasteiger partial charge < -0.3 is 16.2 Å².